The normalized spacial score (nSPS) is 13.4. The van der Waals surface area contributed by atoms with E-state index in [2.05, 4.69) is 49.8 Å². The largest absolute Gasteiger partial charge is 0.506 e. The third-order valence-electron chi connectivity index (χ3n) is 5.03. The van der Waals surface area contributed by atoms with Gasteiger partial charge in [0, 0.05) is 27.2 Å². The Morgan fingerprint density at radius 3 is 2.67 bits per heavy atom. The first-order chi connectivity index (χ1) is 15.6. The first-order valence-corrected chi connectivity index (χ1v) is 12.1. The third-order valence-corrected chi connectivity index (χ3v) is 6.35. The maximum absolute atomic E-state index is 12.8. The van der Waals surface area contributed by atoms with E-state index in [4.69, 9.17) is 18.9 Å². The van der Waals surface area contributed by atoms with E-state index >= 15 is 0 Å². The average molecular weight is 605 g/mol. The van der Waals surface area contributed by atoms with Gasteiger partial charge in [-0.25, -0.2) is 4.79 Å². The first kappa shape index (κ1) is 25.5. The minimum Gasteiger partial charge on any atom is -0.506 e. The number of carbonyl (C=O) groups is 2. The van der Waals surface area contributed by atoms with Crippen molar-refractivity contribution in [3.05, 3.63) is 44.8 Å². The summed E-state index contributed by atoms with van der Waals surface area (Å²) in [5, 5.41) is 13.4. The molecular formula is C22H23Br2NO7S. The third kappa shape index (κ3) is 6.48. The number of hydrogen-bond acceptors (Lipinski definition) is 8. The second kappa shape index (κ2) is 10.9. The molecule has 3 rings (SSSR count). The zero-order valence-corrected chi connectivity index (χ0v) is 22.0. The Kier molecular flexibility index (Phi) is 8.41. The molecule has 0 unspecified atom stereocenters. The number of halogens is 2. The molecule has 2 aromatic rings. The van der Waals surface area contributed by atoms with Gasteiger partial charge in [-0.3, -0.25) is 10.1 Å². The Bertz CT molecular complexity index is 1050. The van der Waals surface area contributed by atoms with E-state index in [1.54, 1.807) is 30.3 Å². The van der Waals surface area contributed by atoms with Crippen molar-refractivity contribution in [1.29, 1.82) is 0 Å². The van der Waals surface area contributed by atoms with Crippen molar-refractivity contribution in [3.8, 4) is 17.2 Å². The molecule has 0 fully saturated rings. The fraction of sp³-hybridized carbons (Fsp3) is 0.364. The maximum Gasteiger partial charge on any atom is 0.412 e. The topological polar surface area (TPSA) is 103 Å². The van der Waals surface area contributed by atoms with Crippen LogP contribution in [0.4, 0.5) is 10.5 Å². The predicted molar refractivity (Wildman–Crippen MR) is 132 cm³/mol. The quantitative estimate of drug-likeness (QED) is 0.257. The van der Waals surface area contributed by atoms with Crippen LogP contribution in [0, 0.1) is 5.41 Å². The van der Waals surface area contributed by atoms with Gasteiger partial charge >= 0.3 is 12.1 Å². The van der Waals surface area contributed by atoms with Gasteiger partial charge in [0.1, 0.15) is 11.9 Å². The molecule has 2 aromatic carbocycles. The highest BCUT2D eigenvalue weighted by atomic mass is 79.9. The van der Waals surface area contributed by atoms with Crippen LogP contribution in [-0.2, 0) is 14.3 Å². The smallest absolute Gasteiger partial charge is 0.412 e. The number of aromatic hydroxyl groups is 1. The zero-order valence-electron chi connectivity index (χ0n) is 17.9. The molecule has 0 bridgehead atoms. The molecule has 178 valence electrons. The van der Waals surface area contributed by atoms with Gasteiger partial charge in [-0.05, 0) is 46.6 Å². The van der Waals surface area contributed by atoms with Crippen molar-refractivity contribution in [2.75, 3.05) is 24.5 Å². The predicted octanol–water partition coefficient (Wildman–Crippen LogP) is 5.83. The van der Waals surface area contributed by atoms with Gasteiger partial charge in [0.05, 0.1) is 16.8 Å². The second-order valence-electron chi connectivity index (χ2n) is 7.92. The van der Waals surface area contributed by atoms with Gasteiger partial charge in [0.2, 0.25) is 6.79 Å². The lowest BCUT2D eigenvalue weighted by molar-refractivity contribution is -0.141. The molecule has 0 saturated carbocycles. The number of fused-ring (bicyclic) bond motifs is 1. The van der Waals surface area contributed by atoms with E-state index in [0.29, 0.717) is 38.1 Å². The lowest BCUT2D eigenvalue weighted by Crippen LogP contribution is -2.30. The number of benzene rings is 2. The van der Waals surface area contributed by atoms with E-state index < -0.39 is 23.6 Å². The SMILES string of the molecule is CC(C)(CCOC(=O)CS)[C@@H](OC(=O)Nc1ccc2c(c1)OCO2)c1cc(Br)cc(Br)c1O. The van der Waals surface area contributed by atoms with E-state index in [0.717, 1.165) is 0 Å². The van der Waals surface area contributed by atoms with Crippen LogP contribution in [0.1, 0.15) is 31.9 Å². The standard InChI is InChI=1S/C22H23Br2NO7S/c1-22(2,5-6-29-18(26)10-33)20(14-7-12(23)8-15(24)19(14)27)32-21(28)25-13-3-4-16-17(9-13)31-11-30-16/h3-4,7-9,20,27,33H,5-6,10-11H2,1-2H3,(H,25,28)/t20-/m0/s1. The van der Waals surface area contributed by atoms with Crippen molar-refractivity contribution >= 4 is 62.2 Å². The van der Waals surface area contributed by atoms with Crippen molar-refractivity contribution in [2.45, 2.75) is 26.4 Å². The number of hydrogen-bond donors (Lipinski definition) is 3. The lowest BCUT2D eigenvalue weighted by atomic mass is 9.79. The molecule has 0 radical (unpaired) electrons. The highest BCUT2D eigenvalue weighted by molar-refractivity contribution is 9.11. The summed E-state index contributed by atoms with van der Waals surface area (Å²) in [4.78, 5) is 24.3. The van der Waals surface area contributed by atoms with Crippen LogP contribution in [0.2, 0.25) is 0 Å². The number of phenols is 1. The van der Waals surface area contributed by atoms with E-state index in [1.165, 1.54) is 0 Å². The molecule has 11 heteroatoms. The molecule has 0 aliphatic carbocycles. The fourth-order valence-corrected chi connectivity index (χ4v) is 4.61. The number of carbonyl (C=O) groups excluding carboxylic acids is 2. The number of thiol groups is 1. The van der Waals surface area contributed by atoms with Gasteiger partial charge in [0.15, 0.2) is 11.5 Å². The number of anilines is 1. The summed E-state index contributed by atoms with van der Waals surface area (Å²) in [6.07, 6.45) is -1.25. The fourth-order valence-electron chi connectivity index (χ4n) is 3.26. The summed E-state index contributed by atoms with van der Waals surface area (Å²) in [6, 6.07) is 8.35. The lowest BCUT2D eigenvalue weighted by Gasteiger charge is -2.34. The number of phenolic OH excluding ortho intramolecular Hbond substituents is 1. The zero-order chi connectivity index (χ0) is 24.2. The Morgan fingerprint density at radius 2 is 1.94 bits per heavy atom. The van der Waals surface area contributed by atoms with Crippen LogP contribution in [0.5, 0.6) is 17.2 Å². The maximum atomic E-state index is 12.8. The molecule has 1 amide bonds. The van der Waals surface area contributed by atoms with Crippen LogP contribution in [-0.4, -0.2) is 36.3 Å². The van der Waals surface area contributed by atoms with Crippen LogP contribution in [0.15, 0.2) is 39.3 Å². The van der Waals surface area contributed by atoms with Crippen molar-refractivity contribution in [3.63, 3.8) is 0 Å². The molecule has 1 aliphatic rings. The van der Waals surface area contributed by atoms with Gasteiger partial charge in [-0.15, -0.1) is 0 Å². The summed E-state index contributed by atoms with van der Waals surface area (Å²) in [5.41, 5.74) is 0.131. The van der Waals surface area contributed by atoms with Crippen molar-refractivity contribution in [1.82, 2.24) is 0 Å². The number of nitrogens with one attached hydrogen (secondary N) is 1. The molecule has 0 spiro atoms. The second-order valence-corrected chi connectivity index (χ2v) is 10.0. The van der Waals surface area contributed by atoms with E-state index in [9.17, 15) is 14.7 Å². The summed E-state index contributed by atoms with van der Waals surface area (Å²) < 4.78 is 22.7. The first-order valence-electron chi connectivity index (χ1n) is 9.92. The summed E-state index contributed by atoms with van der Waals surface area (Å²) in [7, 11) is 0. The van der Waals surface area contributed by atoms with Crippen molar-refractivity contribution < 1.29 is 33.6 Å². The summed E-state index contributed by atoms with van der Waals surface area (Å²) in [6.45, 7) is 3.93. The van der Waals surface area contributed by atoms with Crippen molar-refractivity contribution in [2.24, 2.45) is 5.41 Å². The molecule has 0 aromatic heterocycles. The molecule has 2 N–H and O–H groups in total. The van der Waals surface area contributed by atoms with E-state index in [-0.39, 0.29) is 24.9 Å². The number of esters is 1. The molecule has 8 nitrogen and oxygen atoms in total. The Labute approximate surface area is 213 Å². The molecule has 0 saturated heterocycles. The Hall–Kier alpha value is -2.11. The van der Waals surface area contributed by atoms with Crippen LogP contribution >= 0.6 is 44.5 Å². The van der Waals surface area contributed by atoms with Gasteiger partial charge in [-0.2, -0.15) is 12.6 Å². The number of amides is 1. The molecule has 1 atom stereocenters. The van der Waals surface area contributed by atoms with E-state index in [1.807, 2.05) is 13.8 Å². The van der Waals surface area contributed by atoms with Crippen LogP contribution < -0.4 is 14.8 Å². The number of rotatable bonds is 8. The Balaban J connectivity index is 1.83. The Morgan fingerprint density at radius 1 is 1.21 bits per heavy atom. The van der Waals surface area contributed by atoms with Gasteiger partial charge < -0.3 is 24.1 Å². The van der Waals surface area contributed by atoms with Gasteiger partial charge in [0.25, 0.3) is 0 Å². The highest BCUT2D eigenvalue weighted by Crippen LogP contribution is 2.46. The molecular weight excluding hydrogens is 582 g/mol. The minimum atomic E-state index is -0.880. The summed E-state index contributed by atoms with van der Waals surface area (Å²) in [5.74, 6) is 0.578. The average Bonchev–Trinajstić information content (AvgIpc) is 3.22. The molecule has 1 aliphatic heterocycles. The minimum absolute atomic E-state index is 0.0301. The molecule has 1 heterocycles. The monoisotopic (exact) mass is 603 g/mol. The number of ether oxygens (including phenoxy) is 4. The van der Waals surface area contributed by atoms with Gasteiger partial charge in [-0.1, -0.05) is 29.8 Å². The van der Waals surface area contributed by atoms with Crippen LogP contribution in [0.25, 0.3) is 0 Å². The van der Waals surface area contributed by atoms with Crippen LogP contribution in [0.3, 0.4) is 0 Å². The molecule has 33 heavy (non-hydrogen) atoms. The summed E-state index contributed by atoms with van der Waals surface area (Å²) >= 11 is 10.6. The highest BCUT2D eigenvalue weighted by Gasteiger charge is 2.37.